The van der Waals surface area contributed by atoms with Crippen LogP contribution in [0.1, 0.15) is 22.8 Å². The summed E-state index contributed by atoms with van der Waals surface area (Å²) < 4.78 is 0. The molecule has 124 valence electrons. The molecule has 0 heterocycles. The Morgan fingerprint density at radius 1 is 1.08 bits per heavy atom. The highest BCUT2D eigenvalue weighted by Gasteiger charge is 2.28. The lowest BCUT2D eigenvalue weighted by Crippen LogP contribution is -2.04. The first-order valence-electron chi connectivity index (χ1n) is 6.86. The molecule has 0 saturated heterocycles. The van der Waals surface area contributed by atoms with Crippen molar-refractivity contribution in [2.45, 2.75) is 13.3 Å². The van der Waals surface area contributed by atoms with E-state index in [9.17, 15) is 25.0 Å². The molecule has 0 aromatic heterocycles. The van der Waals surface area contributed by atoms with E-state index < -0.39 is 26.5 Å². The van der Waals surface area contributed by atoms with Crippen molar-refractivity contribution in [3.63, 3.8) is 0 Å². The zero-order valence-corrected chi connectivity index (χ0v) is 13.2. The fourth-order valence-corrected chi connectivity index (χ4v) is 2.22. The number of aryl methyl sites for hydroxylation is 1. The maximum Gasteiger partial charge on any atom is 0.300 e. The Hall–Kier alpha value is -3.00. The standard InChI is InChI=1S/C15H12ClN3O5/c1-2-9-3-5-11(6-4-9)17-14-12(18(21)22)7-10(15(16)20)8-13(14)19(23)24/h3-8,17H,2H2,1H3. The summed E-state index contributed by atoms with van der Waals surface area (Å²) in [7, 11) is 0. The molecule has 2 aromatic carbocycles. The number of benzene rings is 2. The van der Waals surface area contributed by atoms with Gasteiger partial charge in [-0.1, -0.05) is 19.1 Å². The van der Waals surface area contributed by atoms with Gasteiger partial charge in [0, 0.05) is 23.4 Å². The van der Waals surface area contributed by atoms with E-state index >= 15 is 0 Å². The van der Waals surface area contributed by atoms with Crippen LogP contribution in [0.25, 0.3) is 0 Å². The Balaban J connectivity index is 2.58. The third kappa shape index (κ3) is 3.66. The van der Waals surface area contributed by atoms with Crippen LogP contribution < -0.4 is 5.32 Å². The summed E-state index contributed by atoms with van der Waals surface area (Å²) in [6.07, 6.45) is 0.813. The van der Waals surface area contributed by atoms with Gasteiger partial charge in [-0.25, -0.2) is 0 Å². The number of nitrogens with one attached hydrogen (secondary N) is 1. The predicted molar refractivity (Wildman–Crippen MR) is 89.0 cm³/mol. The lowest BCUT2D eigenvalue weighted by atomic mass is 10.1. The second-order valence-electron chi connectivity index (χ2n) is 4.85. The number of anilines is 2. The number of carbonyl (C=O) groups is 1. The molecule has 0 unspecified atom stereocenters. The van der Waals surface area contributed by atoms with Crippen LogP contribution in [-0.2, 0) is 6.42 Å². The van der Waals surface area contributed by atoms with Crippen LogP contribution in [0.2, 0.25) is 0 Å². The lowest BCUT2D eigenvalue weighted by Gasteiger charge is -2.09. The number of carbonyl (C=O) groups excluding carboxylic acids is 1. The van der Waals surface area contributed by atoms with Gasteiger partial charge in [0.1, 0.15) is 0 Å². The molecule has 2 rings (SSSR count). The van der Waals surface area contributed by atoms with Crippen LogP contribution in [0.5, 0.6) is 0 Å². The van der Waals surface area contributed by atoms with Crippen molar-refractivity contribution in [1.29, 1.82) is 0 Å². The largest absolute Gasteiger partial charge is 0.344 e. The van der Waals surface area contributed by atoms with Crippen molar-refractivity contribution < 1.29 is 14.6 Å². The van der Waals surface area contributed by atoms with E-state index in [-0.39, 0.29) is 11.3 Å². The first-order chi connectivity index (χ1) is 11.3. The smallest absolute Gasteiger partial charge is 0.300 e. The lowest BCUT2D eigenvalue weighted by molar-refractivity contribution is -0.392. The molecule has 9 heteroatoms. The minimum absolute atomic E-state index is 0.309. The number of halogens is 1. The molecular weight excluding hydrogens is 338 g/mol. The van der Waals surface area contributed by atoms with Gasteiger partial charge in [-0.3, -0.25) is 25.0 Å². The summed E-state index contributed by atoms with van der Waals surface area (Å²) in [4.78, 5) is 32.1. The van der Waals surface area contributed by atoms with Crippen molar-refractivity contribution >= 4 is 39.6 Å². The van der Waals surface area contributed by atoms with E-state index in [1.165, 1.54) is 0 Å². The first-order valence-corrected chi connectivity index (χ1v) is 7.24. The van der Waals surface area contributed by atoms with Crippen molar-refractivity contribution in [3.05, 3.63) is 67.8 Å². The van der Waals surface area contributed by atoms with Crippen molar-refractivity contribution in [1.82, 2.24) is 0 Å². The first kappa shape index (κ1) is 17.4. The molecule has 24 heavy (non-hydrogen) atoms. The normalized spacial score (nSPS) is 10.2. The predicted octanol–water partition coefficient (Wildman–Crippen LogP) is 4.19. The van der Waals surface area contributed by atoms with E-state index in [2.05, 4.69) is 5.32 Å². The number of hydrogen-bond donors (Lipinski definition) is 1. The molecule has 0 saturated carbocycles. The zero-order valence-electron chi connectivity index (χ0n) is 12.5. The average Bonchev–Trinajstić information content (AvgIpc) is 2.54. The number of nitro benzene ring substituents is 2. The van der Waals surface area contributed by atoms with E-state index in [0.717, 1.165) is 24.1 Å². The third-order valence-corrected chi connectivity index (χ3v) is 3.57. The van der Waals surface area contributed by atoms with E-state index in [1.807, 2.05) is 6.92 Å². The van der Waals surface area contributed by atoms with Gasteiger partial charge in [0.15, 0.2) is 5.69 Å². The summed E-state index contributed by atoms with van der Waals surface area (Å²) in [5.74, 6) is 0. The number of nitro groups is 2. The SMILES string of the molecule is CCc1ccc(Nc2c([N+](=O)[O-])cc(C(=O)Cl)cc2[N+](=O)[O-])cc1. The number of rotatable bonds is 6. The third-order valence-electron chi connectivity index (χ3n) is 3.35. The highest BCUT2D eigenvalue weighted by Crippen LogP contribution is 2.38. The van der Waals surface area contributed by atoms with Crippen LogP contribution >= 0.6 is 11.6 Å². The monoisotopic (exact) mass is 349 g/mol. The fourth-order valence-electron chi connectivity index (χ4n) is 2.11. The molecule has 2 aromatic rings. The highest BCUT2D eigenvalue weighted by atomic mass is 35.5. The second-order valence-corrected chi connectivity index (χ2v) is 5.20. The Morgan fingerprint density at radius 2 is 1.58 bits per heavy atom. The maximum absolute atomic E-state index is 11.3. The molecule has 0 amide bonds. The Labute approximate surface area is 141 Å². The quantitative estimate of drug-likeness (QED) is 0.475. The average molecular weight is 350 g/mol. The van der Waals surface area contributed by atoms with Gasteiger partial charge >= 0.3 is 11.4 Å². The molecule has 0 bridgehead atoms. The van der Waals surface area contributed by atoms with Crippen LogP contribution in [0.15, 0.2) is 36.4 Å². The molecule has 8 nitrogen and oxygen atoms in total. The number of hydrogen-bond acceptors (Lipinski definition) is 6. The van der Waals surface area contributed by atoms with Crippen LogP contribution in [0, 0.1) is 20.2 Å². The topological polar surface area (TPSA) is 115 Å². The second kappa shape index (κ2) is 7.05. The Morgan fingerprint density at radius 3 is 1.96 bits per heavy atom. The van der Waals surface area contributed by atoms with Crippen LogP contribution in [-0.4, -0.2) is 15.1 Å². The van der Waals surface area contributed by atoms with Gasteiger partial charge in [0.2, 0.25) is 0 Å². The van der Waals surface area contributed by atoms with E-state index in [4.69, 9.17) is 11.6 Å². The van der Waals surface area contributed by atoms with Crippen LogP contribution in [0.3, 0.4) is 0 Å². The van der Waals surface area contributed by atoms with E-state index in [0.29, 0.717) is 5.69 Å². The molecule has 0 aliphatic carbocycles. The van der Waals surface area contributed by atoms with Crippen LogP contribution in [0.4, 0.5) is 22.7 Å². The van der Waals surface area contributed by atoms with E-state index in [1.54, 1.807) is 24.3 Å². The van der Waals surface area contributed by atoms with Gasteiger partial charge < -0.3 is 5.32 Å². The maximum atomic E-state index is 11.3. The molecule has 1 N–H and O–H groups in total. The summed E-state index contributed by atoms with van der Waals surface area (Å²) in [6.45, 7) is 1.97. The Bertz CT molecular complexity index is 785. The summed E-state index contributed by atoms with van der Waals surface area (Å²) in [6, 6.07) is 8.74. The summed E-state index contributed by atoms with van der Waals surface area (Å²) in [5.41, 5.74) is -0.339. The van der Waals surface area contributed by atoms with Gasteiger partial charge in [-0.05, 0) is 35.7 Å². The fraction of sp³-hybridized carbons (Fsp3) is 0.133. The van der Waals surface area contributed by atoms with Crippen molar-refractivity contribution in [3.8, 4) is 0 Å². The van der Waals surface area contributed by atoms with Gasteiger partial charge in [0.05, 0.1) is 9.85 Å². The van der Waals surface area contributed by atoms with Crippen molar-refractivity contribution in [2.75, 3.05) is 5.32 Å². The molecule has 0 atom stereocenters. The summed E-state index contributed by atoms with van der Waals surface area (Å²) in [5, 5.41) is 24.2. The molecular formula is C15H12ClN3O5. The molecule has 0 spiro atoms. The molecule has 0 aliphatic heterocycles. The number of nitrogens with zero attached hydrogens (tertiary/aromatic N) is 2. The zero-order chi connectivity index (χ0) is 17.9. The molecule has 0 radical (unpaired) electrons. The minimum Gasteiger partial charge on any atom is -0.344 e. The van der Waals surface area contributed by atoms with Gasteiger partial charge in [0.25, 0.3) is 5.24 Å². The Kier molecular flexibility index (Phi) is 5.10. The van der Waals surface area contributed by atoms with Gasteiger partial charge in [-0.2, -0.15) is 0 Å². The minimum atomic E-state index is -1.01. The summed E-state index contributed by atoms with van der Waals surface area (Å²) >= 11 is 5.30. The van der Waals surface area contributed by atoms with Crippen molar-refractivity contribution in [2.24, 2.45) is 0 Å². The molecule has 0 fully saturated rings. The highest BCUT2D eigenvalue weighted by molar-refractivity contribution is 6.67. The van der Waals surface area contributed by atoms with Gasteiger partial charge in [-0.15, -0.1) is 0 Å². The molecule has 0 aliphatic rings.